The number of nitrogens with zero attached hydrogens (tertiary/aromatic N) is 2. The van der Waals surface area contributed by atoms with Gasteiger partial charge in [0.15, 0.2) is 5.16 Å². The van der Waals surface area contributed by atoms with Gasteiger partial charge in [-0.3, -0.25) is 14.2 Å². The number of aromatic nitrogens is 2. The quantitative estimate of drug-likeness (QED) is 0.344. The Bertz CT molecular complexity index is 1270. The first kappa shape index (κ1) is 19.7. The van der Waals surface area contributed by atoms with Crippen molar-refractivity contribution in [1.82, 2.24) is 9.55 Å². The van der Waals surface area contributed by atoms with Gasteiger partial charge in [0.2, 0.25) is 5.91 Å². The summed E-state index contributed by atoms with van der Waals surface area (Å²) in [6, 6.07) is 16.4. The summed E-state index contributed by atoms with van der Waals surface area (Å²) in [5.41, 5.74) is 2.90. The number of thioether (sulfide) groups is 1. The highest BCUT2D eigenvalue weighted by Gasteiger charge is 2.16. The number of carbonyl (C=O) groups excluding carboxylic acids is 1. The molecule has 0 fully saturated rings. The van der Waals surface area contributed by atoms with Gasteiger partial charge < -0.3 is 5.32 Å². The molecule has 5 nitrogen and oxygen atoms in total. The van der Waals surface area contributed by atoms with Gasteiger partial charge in [-0.2, -0.15) is 0 Å². The molecule has 2 aromatic carbocycles. The molecule has 4 rings (SSSR count). The molecule has 0 unspecified atom stereocenters. The predicted molar refractivity (Wildman–Crippen MR) is 121 cm³/mol. The van der Waals surface area contributed by atoms with Crippen LogP contribution in [0.25, 0.3) is 15.9 Å². The second kappa shape index (κ2) is 8.41. The van der Waals surface area contributed by atoms with Crippen LogP contribution < -0.4 is 10.9 Å². The lowest BCUT2D eigenvalue weighted by Gasteiger charge is -2.12. The van der Waals surface area contributed by atoms with E-state index >= 15 is 0 Å². The predicted octanol–water partition coefficient (Wildman–Crippen LogP) is 5.14. The molecule has 2 aromatic heterocycles. The van der Waals surface area contributed by atoms with Gasteiger partial charge in [-0.05, 0) is 54.3 Å². The average Bonchev–Trinajstić information content (AvgIpc) is 3.15. The lowest BCUT2D eigenvalue weighted by Crippen LogP contribution is -2.22. The van der Waals surface area contributed by atoms with Crippen molar-refractivity contribution in [1.29, 1.82) is 0 Å². The fourth-order valence-corrected chi connectivity index (χ4v) is 4.64. The van der Waals surface area contributed by atoms with Crippen molar-refractivity contribution in [3.8, 4) is 5.69 Å². The standard InChI is InChI=1S/C21H16ClN3O2S2/c1-13-4-2-7-16(10-13)25-20(27)19-17(8-9-28-19)24-21(25)29-12-18(26)23-15-6-3-5-14(22)11-15/h2-11H,12H2,1H3,(H,23,26). The highest BCUT2D eigenvalue weighted by molar-refractivity contribution is 7.99. The van der Waals surface area contributed by atoms with Gasteiger partial charge in [-0.15, -0.1) is 11.3 Å². The van der Waals surface area contributed by atoms with Crippen molar-refractivity contribution in [2.75, 3.05) is 11.1 Å². The van der Waals surface area contributed by atoms with E-state index in [2.05, 4.69) is 10.3 Å². The molecule has 0 radical (unpaired) electrons. The van der Waals surface area contributed by atoms with E-state index in [0.717, 1.165) is 11.3 Å². The first-order chi connectivity index (χ1) is 14.0. The molecule has 0 aliphatic rings. The van der Waals surface area contributed by atoms with Gasteiger partial charge in [0.1, 0.15) is 4.70 Å². The van der Waals surface area contributed by atoms with Gasteiger partial charge in [-0.1, -0.05) is 41.6 Å². The zero-order valence-corrected chi connectivity index (χ0v) is 17.8. The molecule has 146 valence electrons. The van der Waals surface area contributed by atoms with Crippen LogP contribution in [0, 0.1) is 6.92 Å². The van der Waals surface area contributed by atoms with Crippen LogP contribution >= 0.6 is 34.7 Å². The summed E-state index contributed by atoms with van der Waals surface area (Å²) < 4.78 is 2.17. The van der Waals surface area contributed by atoms with Crippen molar-refractivity contribution in [3.05, 3.63) is 80.9 Å². The van der Waals surface area contributed by atoms with E-state index in [-0.39, 0.29) is 17.2 Å². The normalized spacial score (nSPS) is 11.0. The first-order valence-electron chi connectivity index (χ1n) is 8.77. The van der Waals surface area contributed by atoms with E-state index in [0.29, 0.717) is 26.1 Å². The van der Waals surface area contributed by atoms with Crippen LogP contribution in [0.4, 0.5) is 5.69 Å². The molecule has 8 heteroatoms. The van der Waals surface area contributed by atoms with E-state index in [1.165, 1.54) is 23.1 Å². The minimum absolute atomic E-state index is 0.112. The van der Waals surface area contributed by atoms with Gasteiger partial charge in [0.05, 0.1) is 17.0 Å². The molecular formula is C21H16ClN3O2S2. The summed E-state index contributed by atoms with van der Waals surface area (Å²) >= 11 is 8.55. The highest BCUT2D eigenvalue weighted by Crippen LogP contribution is 2.24. The molecule has 0 spiro atoms. The zero-order chi connectivity index (χ0) is 20.4. The van der Waals surface area contributed by atoms with Gasteiger partial charge in [-0.25, -0.2) is 4.98 Å². The average molecular weight is 442 g/mol. The molecule has 0 bridgehead atoms. The number of benzene rings is 2. The molecule has 4 aromatic rings. The molecule has 1 amide bonds. The summed E-state index contributed by atoms with van der Waals surface area (Å²) in [6.45, 7) is 1.97. The van der Waals surface area contributed by atoms with E-state index in [1.54, 1.807) is 28.8 Å². The maximum absolute atomic E-state index is 13.1. The molecule has 0 saturated heterocycles. The molecule has 1 N–H and O–H groups in total. The molecule has 0 aliphatic carbocycles. The van der Waals surface area contributed by atoms with Crippen LogP contribution in [-0.2, 0) is 4.79 Å². The molecule has 2 heterocycles. The van der Waals surface area contributed by atoms with Crippen molar-refractivity contribution in [2.45, 2.75) is 12.1 Å². The number of amides is 1. The summed E-state index contributed by atoms with van der Waals surface area (Å²) in [6.07, 6.45) is 0. The zero-order valence-electron chi connectivity index (χ0n) is 15.4. The number of anilines is 1. The summed E-state index contributed by atoms with van der Waals surface area (Å²) in [7, 11) is 0. The molecular weight excluding hydrogens is 426 g/mol. The van der Waals surface area contributed by atoms with Crippen molar-refractivity contribution in [2.24, 2.45) is 0 Å². The second-order valence-electron chi connectivity index (χ2n) is 6.36. The number of hydrogen-bond donors (Lipinski definition) is 1. The Morgan fingerprint density at radius 1 is 1.21 bits per heavy atom. The monoisotopic (exact) mass is 441 g/mol. The summed E-state index contributed by atoms with van der Waals surface area (Å²) in [5, 5.41) is 5.69. The van der Waals surface area contributed by atoms with Crippen LogP contribution in [0.2, 0.25) is 5.02 Å². The van der Waals surface area contributed by atoms with E-state index in [4.69, 9.17) is 11.6 Å². The Hall–Kier alpha value is -2.61. The number of carbonyl (C=O) groups is 1. The minimum atomic E-state index is -0.201. The van der Waals surface area contributed by atoms with Crippen molar-refractivity contribution >= 4 is 56.5 Å². The maximum Gasteiger partial charge on any atom is 0.276 e. The summed E-state index contributed by atoms with van der Waals surface area (Å²) in [5.74, 6) is -0.0897. The van der Waals surface area contributed by atoms with E-state index in [9.17, 15) is 9.59 Å². The van der Waals surface area contributed by atoms with Crippen LogP contribution in [0.3, 0.4) is 0 Å². The number of fused-ring (bicyclic) bond motifs is 1. The Morgan fingerprint density at radius 3 is 2.83 bits per heavy atom. The summed E-state index contributed by atoms with van der Waals surface area (Å²) in [4.78, 5) is 30.1. The third-order valence-electron chi connectivity index (χ3n) is 4.15. The van der Waals surface area contributed by atoms with Crippen LogP contribution in [-0.4, -0.2) is 21.2 Å². The van der Waals surface area contributed by atoms with Crippen LogP contribution in [0.1, 0.15) is 5.56 Å². The molecule has 29 heavy (non-hydrogen) atoms. The second-order valence-corrected chi connectivity index (χ2v) is 8.65. The topological polar surface area (TPSA) is 64.0 Å². The third-order valence-corrected chi connectivity index (χ3v) is 6.22. The fraction of sp³-hybridized carbons (Fsp3) is 0.0952. The minimum Gasteiger partial charge on any atom is -0.325 e. The van der Waals surface area contributed by atoms with Crippen LogP contribution in [0.15, 0.2) is 69.9 Å². The smallest absolute Gasteiger partial charge is 0.276 e. The van der Waals surface area contributed by atoms with Crippen LogP contribution in [0.5, 0.6) is 0 Å². The highest BCUT2D eigenvalue weighted by atomic mass is 35.5. The first-order valence-corrected chi connectivity index (χ1v) is 11.0. The van der Waals surface area contributed by atoms with Gasteiger partial charge in [0.25, 0.3) is 5.56 Å². The molecule has 0 saturated carbocycles. The number of thiophene rings is 1. The number of hydrogen-bond acceptors (Lipinski definition) is 5. The Labute approximate surface area is 180 Å². The number of rotatable bonds is 5. The van der Waals surface area contributed by atoms with Crippen molar-refractivity contribution in [3.63, 3.8) is 0 Å². The maximum atomic E-state index is 13.1. The van der Waals surface area contributed by atoms with Crippen molar-refractivity contribution < 1.29 is 4.79 Å². The lowest BCUT2D eigenvalue weighted by atomic mass is 10.2. The number of halogens is 1. The Balaban J connectivity index is 1.65. The van der Waals surface area contributed by atoms with E-state index < -0.39 is 0 Å². The molecule has 0 aliphatic heterocycles. The van der Waals surface area contributed by atoms with Gasteiger partial charge in [0, 0.05) is 10.7 Å². The molecule has 0 atom stereocenters. The number of aryl methyl sites for hydroxylation is 1. The largest absolute Gasteiger partial charge is 0.325 e. The number of nitrogens with one attached hydrogen (secondary N) is 1. The Morgan fingerprint density at radius 2 is 2.03 bits per heavy atom. The van der Waals surface area contributed by atoms with Gasteiger partial charge >= 0.3 is 0 Å². The van der Waals surface area contributed by atoms with E-state index in [1.807, 2.05) is 42.6 Å². The fourth-order valence-electron chi connectivity index (χ4n) is 2.88. The Kier molecular flexibility index (Phi) is 5.71. The SMILES string of the molecule is Cc1cccc(-n2c(SCC(=O)Nc3cccc(Cl)c3)nc3ccsc3c2=O)c1. The third kappa shape index (κ3) is 4.37. The lowest BCUT2D eigenvalue weighted by molar-refractivity contribution is -0.113.